The van der Waals surface area contributed by atoms with Gasteiger partial charge in [0.1, 0.15) is 0 Å². The summed E-state index contributed by atoms with van der Waals surface area (Å²) < 4.78 is 0. The molecule has 0 radical (unpaired) electrons. The first kappa shape index (κ1) is 14.8. The topological polar surface area (TPSA) is 43.8 Å². The lowest BCUT2D eigenvalue weighted by Gasteiger charge is -2.26. The van der Waals surface area contributed by atoms with E-state index in [0.29, 0.717) is 11.6 Å². The SMILES string of the molecule is CCN(CC(=O)N(C)C)c1cc(Cl)ccc1CO. The summed E-state index contributed by atoms with van der Waals surface area (Å²) in [5, 5.41) is 9.93. The van der Waals surface area contributed by atoms with E-state index in [9.17, 15) is 9.90 Å². The third kappa shape index (κ3) is 3.62. The smallest absolute Gasteiger partial charge is 0.241 e. The molecule has 1 aromatic carbocycles. The van der Waals surface area contributed by atoms with Crippen molar-refractivity contribution in [3.8, 4) is 0 Å². The molecule has 0 saturated carbocycles. The predicted molar refractivity (Wildman–Crippen MR) is 74.0 cm³/mol. The Kier molecular flexibility index (Phi) is 5.44. The molecule has 5 heteroatoms. The van der Waals surface area contributed by atoms with Crippen molar-refractivity contribution in [3.05, 3.63) is 28.8 Å². The Labute approximate surface area is 113 Å². The molecule has 4 nitrogen and oxygen atoms in total. The molecule has 1 rings (SSSR count). The van der Waals surface area contributed by atoms with Crippen molar-refractivity contribution in [2.24, 2.45) is 0 Å². The minimum absolute atomic E-state index is 0.0146. The summed E-state index contributed by atoms with van der Waals surface area (Å²) in [6, 6.07) is 5.29. The summed E-state index contributed by atoms with van der Waals surface area (Å²) in [6.45, 7) is 2.84. The van der Waals surface area contributed by atoms with Gasteiger partial charge in [0, 0.05) is 36.9 Å². The standard InChI is InChI=1S/C13H19ClN2O2/c1-4-16(8-13(18)15(2)3)12-7-11(14)6-5-10(12)9-17/h5-7,17H,4,8-9H2,1-3H3. The molecule has 0 bridgehead atoms. The largest absolute Gasteiger partial charge is 0.392 e. The molecule has 100 valence electrons. The van der Waals surface area contributed by atoms with E-state index in [2.05, 4.69) is 0 Å². The summed E-state index contributed by atoms with van der Waals surface area (Å²) in [7, 11) is 3.45. The van der Waals surface area contributed by atoms with Crippen LogP contribution in [0.1, 0.15) is 12.5 Å². The molecular weight excluding hydrogens is 252 g/mol. The predicted octanol–water partition coefficient (Wildman–Crippen LogP) is 1.75. The van der Waals surface area contributed by atoms with Gasteiger partial charge in [0.2, 0.25) is 5.91 Å². The quantitative estimate of drug-likeness (QED) is 0.887. The molecule has 0 saturated heterocycles. The van der Waals surface area contributed by atoms with Crippen LogP contribution < -0.4 is 4.90 Å². The van der Waals surface area contributed by atoms with Crippen LogP contribution in [0, 0.1) is 0 Å². The highest BCUT2D eigenvalue weighted by atomic mass is 35.5. The second kappa shape index (κ2) is 6.61. The first-order chi connectivity index (χ1) is 8.49. The van der Waals surface area contributed by atoms with E-state index < -0.39 is 0 Å². The van der Waals surface area contributed by atoms with Crippen LogP contribution in [-0.2, 0) is 11.4 Å². The fourth-order valence-corrected chi connectivity index (χ4v) is 1.80. The van der Waals surface area contributed by atoms with Crippen LogP contribution >= 0.6 is 11.6 Å². The van der Waals surface area contributed by atoms with Gasteiger partial charge in [-0.3, -0.25) is 4.79 Å². The lowest BCUT2D eigenvalue weighted by atomic mass is 10.1. The van der Waals surface area contributed by atoms with Crippen LogP contribution in [0.15, 0.2) is 18.2 Å². The number of aliphatic hydroxyl groups is 1. The highest BCUT2D eigenvalue weighted by Gasteiger charge is 2.14. The number of carbonyl (C=O) groups is 1. The zero-order valence-electron chi connectivity index (χ0n) is 11.0. The van der Waals surface area contributed by atoms with Gasteiger partial charge in [0.05, 0.1) is 13.2 Å². The number of hydrogen-bond acceptors (Lipinski definition) is 3. The number of amides is 1. The summed E-state index contributed by atoms with van der Waals surface area (Å²) in [5.74, 6) is 0.0146. The monoisotopic (exact) mass is 270 g/mol. The number of hydrogen-bond donors (Lipinski definition) is 1. The van der Waals surface area contributed by atoms with Gasteiger partial charge in [-0.1, -0.05) is 17.7 Å². The van der Waals surface area contributed by atoms with Crippen molar-refractivity contribution >= 4 is 23.2 Å². The van der Waals surface area contributed by atoms with Gasteiger partial charge >= 0.3 is 0 Å². The van der Waals surface area contributed by atoms with Gasteiger partial charge in [-0.25, -0.2) is 0 Å². The zero-order chi connectivity index (χ0) is 13.7. The summed E-state index contributed by atoms with van der Waals surface area (Å²) in [6.07, 6.45) is 0. The zero-order valence-corrected chi connectivity index (χ0v) is 11.7. The number of benzene rings is 1. The minimum atomic E-state index is -0.0703. The number of halogens is 1. The van der Waals surface area contributed by atoms with E-state index >= 15 is 0 Å². The van der Waals surface area contributed by atoms with Crippen molar-refractivity contribution in [1.82, 2.24) is 4.90 Å². The van der Waals surface area contributed by atoms with Crippen LogP contribution in [0.3, 0.4) is 0 Å². The number of nitrogens with zero attached hydrogens (tertiary/aromatic N) is 2. The molecule has 1 amide bonds. The van der Waals surface area contributed by atoms with E-state index in [1.165, 1.54) is 0 Å². The van der Waals surface area contributed by atoms with Gasteiger partial charge in [-0.05, 0) is 19.1 Å². The van der Waals surface area contributed by atoms with E-state index in [1.807, 2.05) is 11.8 Å². The number of aliphatic hydroxyl groups excluding tert-OH is 1. The average Bonchev–Trinajstić information content (AvgIpc) is 2.35. The Morgan fingerprint density at radius 1 is 1.39 bits per heavy atom. The van der Waals surface area contributed by atoms with Gasteiger partial charge in [-0.2, -0.15) is 0 Å². The molecule has 0 aliphatic heterocycles. The van der Waals surface area contributed by atoms with Gasteiger partial charge in [-0.15, -0.1) is 0 Å². The number of rotatable bonds is 5. The Morgan fingerprint density at radius 3 is 2.56 bits per heavy atom. The molecule has 0 unspecified atom stereocenters. The maximum Gasteiger partial charge on any atom is 0.241 e. The Balaban J connectivity index is 3.00. The third-order valence-corrected chi connectivity index (χ3v) is 3.00. The molecule has 0 spiro atoms. The molecule has 0 aliphatic rings. The molecule has 1 aromatic rings. The van der Waals surface area contributed by atoms with Crippen molar-refractivity contribution in [3.63, 3.8) is 0 Å². The van der Waals surface area contributed by atoms with Crippen molar-refractivity contribution in [2.45, 2.75) is 13.5 Å². The maximum absolute atomic E-state index is 11.8. The van der Waals surface area contributed by atoms with Crippen LogP contribution in [0.4, 0.5) is 5.69 Å². The van der Waals surface area contributed by atoms with E-state index in [4.69, 9.17) is 11.6 Å². The summed E-state index contributed by atoms with van der Waals surface area (Å²) >= 11 is 5.97. The van der Waals surface area contributed by atoms with Crippen LogP contribution in [0.5, 0.6) is 0 Å². The van der Waals surface area contributed by atoms with Crippen LogP contribution in [-0.4, -0.2) is 43.1 Å². The molecule has 0 aliphatic carbocycles. The fourth-order valence-electron chi connectivity index (χ4n) is 1.64. The Morgan fingerprint density at radius 2 is 2.06 bits per heavy atom. The van der Waals surface area contributed by atoms with Gasteiger partial charge in [0.25, 0.3) is 0 Å². The Bertz CT molecular complexity index is 421. The molecule has 1 N–H and O–H groups in total. The first-order valence-corrected chi connectivity index (χ1v) is 6.21. The number of carbonyl (C=O) groups excluding carboxylic acids is 1. The average molecular weight is 271 g/mol. The summed E-state index contributed by atoms with van der Waals surface area (Å²) in [5.41, 5.74) is 1.58. The molecule has 0 atom stereocenters. The van der Waals surface area contributed by atoms with Crippen LogP contribution in [0.25, 0.3) is 0 Å². The maximum atomic E-state index is 11.8. The number of likely N-dealkylation sites (N-methyl/N-ethyl adjacent to an activating group) is 2. The lowest BCUT2D eigenvalue weighted by molar-refractivity contribution is -0.127. The van der Waals surface area contributed by atoms with Crippen LogP contribution in [0.2, 0.25) is 5.02 Å². The van der Waals surface area contributed by atoms with E-state index in [1.54, 1.807) is 37.2 Å². The normalized spacial score (nSPS) is 10.3. The first-order valence-electron chi connectivity index (χ1n) is 5.84. The molecule has 0 fully saturated rings. The number of anilines is 1. The van der Waals surface area contributed by atoms with Crippen molar-refractivity contribution in [1.29, 1.82) is 0 Å². The van der Waals surface area contributed by atoms with Crippen molar-refractivity contribution < 1.29 is 9.90 Å². The molecular formula is C13H19ClN2O2. The van der Waals surface area contributed by atoms with Gasteiger partial charge < -0.3 is 14.9 Å². The summed E-state index contributed by atoms with van der Waals surface area (Å²) in [4.78, 5) is 15.2. The second-order valence-corrected chi connectivity index (χ2v) is 4.67. The highest BCUT2D eigenvalue weighted by molar-refractivity contribution is 6.30. The van der Waals surface area contributed by atoms with E-state index in [-0.39, 0.29) is 19.1 Å². The fraction of sp³-hybridized carbons (Fsp3) is 0.462. The molecule has 0 heterocycles. The minimum Gasteiger partial charge on any atom is -0.392 e. The molecule has 0 aromatic heterocycles. The second-order valence-electron chi connectivity index (χ2n) is 4.23. The van der Waals surface area contributed by atoms with Gasteiger partial charge in [0.15, 0.2) is 0 Å². The molecule has 18 heavy (non-hydrogen) atoms. The Hall–Kier alpha value is -1.26. The van der Waals surface area contributed by atoms with E-state index in [0.717, 1.165) is 11.3 Å². The lowest BCUT2D eigenvalue weighted by Crippen LogP contribution is -2.37. The third-order valence-electron chi connectivity index (χ3n) is 2.77. The van der Waals surface area contributed by atoms with Crippen molar-refractivity contribution in [2.75, 3.05) is 32.1 Å². The highest BCUT2D eigenvalue weighted by Crippen LogP contribution is 2.25.